The van der Waals surface area contributed by atoms with Gasteiger partial charge in [0.05, 0.1) is 12.3 Å². The predicted octanol–water partition coefficient (Wildman–Crippen LogP) is 3.07. The quantitative estimate of drug-likeness (QED) is 0.926. The van der Waals surface area contributed by atoms with Gasteiger partial charge in [0.1, 0.15) is 0 Å². The van der Waals surface area contributed by atoms with E-state index < -0.39 is 0 Å². The number of hydrogen-bond acceptors (Lipinski definition) is 3. The van der Waals surface area contributed by atoms with E-state index in [-0.39, 0.29) is 0 Å². The Labute approximate surface area is 127 Å². The first kappa shape index (κ1) is 13.8. The fraction of sp³-hybridized carbons (Fsp3) is 0.824. The summed E-state index contributed by atoms with van der Waals surface area (Å²) in [5.74, 6) is 0.743. The van der Waals surface area contributed by atoms with Crippen molar-refractivity contribution in [3.8, 4) is 0 Å². The van der Waals surface area contributed by atoms with Crippen molar-refractivity contribution in [2.75, 3.05) is 6.61 Å². The zero-order valence-corrected chi connectivity index (χ0v) is 13.4. The third-order valence-electron chi connectivity index (χ3n) is 6.12. The molecule has 1 saturated heterocycles. The number of fused-ring (bicyclic) bond motifs is 2. The van der Waals surface area contributed by atoms with Crippen LogP contribution in [0.5, 0.6) is 0 Å². The largest absolute Gasteiger partial charge is 0.377 e. The summed E-state index contributed by atoms with van der Waals surface area (Å²) in [6.07, 6.45) is 10.1. The smallest absolute Gasteiger partial charge is 0.0690 e. The normalized spacial score (nSPS) is 34.6. The molecule has 3 fully saturated rings. The molecular formula is C17H27N3O. The Kier molecular flexibility index (Phi) is 3.16. The highest BCUT2D eigenvalue weighted by Crippen LogP contribution is 2.63. The molecule has 3 aliphatic rings. The van der Waals surface area contributed by atoms with Gasteiger partial charge in [0, 0.05) is 47.8 Å². The van der Waals surface area contributed by atoms with Gasteiger partial charge >= 0.3 is 0 Å². The Balaban J connectivity index is 1.47. The molecule has 1 aliphatic heterocycles. The first-order valence-corrected chi connectivity index (χ1v) is 8.53. The van der Waals surface area contributed by atoms with Gasteiger partial charge in [0.15, 0.2) is 0 Å². The Morgan fingerprint density at radius 2 is 2.19 bits per heavy atom. The van der Waals surface area contributed by atoms with Crippen molar-refractivity contribution in [2.45, 2.75) is 70.7 Å². The lowest BCUT2D eigenvalue weighted by atomic mass is 9.46. The standard InChI is InChI=1S/C17H27N3O/c1-11(2)20-10-13(9-18-20)12(3)19-15-14-5-8-21-16(14)17(15)6-4-7-17/h9-12,14-16,19H,4-8H2,1-3H3/t12-,14-,15+,16+/m0/s1. The lowest BCUT2D eigenvalue weighted by Crippen LogP contribution is -2.71. The van der Waals surface area contributed by atoms with Crippen LogP contribution >= 0.6 is 0 Å². The molecule has 4 atom stereocenters. The van der Waals surface area contributed by atoms with Crippen molar-refractivity contribution in [3.63, 3.8) is 0 Å². The Morgan fingerprint density at radius 3 is 2.81 bits per heavy atom. The second-order valence-corrected chi connectivity index (χ2v) is 7.54. The first-order valence-electron chi connectivity index (χ1n) is 8.53. The summed E-state index contributed by atoms with van der Waals surface area (Å²) in [5.41, 5.74) is 1.77. The van der Waals surface area contributed by atoms with Crippen LogP contribution in [-0.2, 0) is 4.74 Å². The van der Waals surface area contributed by atoms with Crippen LogP contribution in [0.3, 0.4) is 0 Å². The molecular weight excluding hydrogens is 262 g/mol. The van der Waals surface area contributed by atoms with Gasteiger partial charge < -0.3 is 10.1 Å². The third kappa shape index (κ3) is 1.92. The zero-order chi connectivity index (χ0) is 14.6. The molecule has 2 heterocycles. The van der Waals surface area contributed by atoms with E-state index in [1.807, 2.05) is 6.20 Å². The van der Waals surface area contributed by atoms with E-state index in [1.165, 1.54) is 31.2 Å². The van der Waals surface area contributed by atoms with Crippen LogP contribution in [0.4, 0.5) is 0 Å². The molecule has 0 unspecified atom stereocenters. The molecule has 4 rings (SSSR count). The maximum atomic E-state index is 6.01. The van der Waals surface area contributed by atoms with Crippen LogP contribution in [-0.4, -0.2) is 28.5 Å². The van der Waals surface area contributed by atoms with Crippen LogP contribution < -0.4 is 5.32 Å². The molecule has 2 saturated carbocycles. The zero-order valence-electron chi connectivity index (χ0n) is 13.4. The predicted molar refractivity (Wildman–Crippen MR) is 82.1 cm³/mol. The monoisotopic (exact) mass is 289 g/mol. The highest BCUT2D eigenvalue weighted by Gasteiger charge is 2.66. The highest BCUT2D eigenvalue weighted by atomic mass is 16.5. The number of aromatic nitrogens is 2. The first-order chi connectivity index (χ1) is 10.1. The van der Waals surface area contributed by atoms with Crippen molar-refractivity contribution >= 4 is 0 Å². The van der Waals surface area contributed by atoms with Crippen LogP contribution in [0, 0.1) is 11.3 Å². The van der Waals surface area contributed by atoms with E-state index in [9.17, 15) is 0 Å². The molecule has 116 valence electrons. The molecule has 0 radical (unpaired) electrons. The second-order valence-electron chi connectivity index (χ2n) is 7.54. The topological polar surface area (TPSA) is 39.1 Å². The maximum absolute atomic E-state index is 6.01. The summed E-state index contributed by atoms with van der Waals surface area (Å²) >= 11 is 0. The molecule has 0 bridgehead atoms. The molecule has 0 aromatic carbocycles. The van der Waals surface area contributed by atoms with E-state index in [0.717, 1.165) is 12.5 Å². The Hall–Kier alpha value is -0.870. The lowest BCUT2D eigenvalue weighted by molar-refractivity contribution is -0.178. The third-order valence-corrected chi connectivity index (χ3v) is 6.12. The van der Waals surface area contributed by atoms with E-state index in [1.54, 1.807) is 0 Å². The molecule has 0 amide bonds. The van der Waals surface area contributed by atoms with Gasteiger partial charge in [-0.1, -0.05) is 6.42 Å². The van der Waals surface area contributed by atoms with Crippen LogP contribution in [0.1, 0.15) is 64.1 Å². The second kappa shape index (κ2) is 4.82. The van der Waals surface area contributed by atoms with Crippen molar-refractivity contribution in [1.82, 2.24) is 15.1 Å². The number of hydrogen-bond donors (Lipinski definition) is 1. The van der Waals surface area contributed by atoms with E-state index in [0.29, 0.717) is 29.6 Å². The molecule has 4 heteroatoms. The van der Waals surface area contributed by atoms with Crippen molar-refractivity contribution in [1.29, 1.82) is 0 Å². The van der Waals surface area contributed by atoms with Crippen LogP contribution in [0.25, 0.3) is 0 Å². The van der Waals surface area contributed by atoms with Gasteiger partial charge in [-0.2, -0.15) is 5.10 Å². The van der Waals surface area contributed by atoms with E-state index in [4.69, 9.17) is 4.74 Å². The SMILES string of the molecule is CC(C)n1cc([C@H](C)N[C@@H]2[C@@H]3CCO[C@H]3C23CCC3)cn1. The average molecular weight is 289 g/mol. The molecule has 1 aromatic heterocycles. The van der Waals surface area contributed by atoms with Crippen molar-refractivity contribution < 1.29 is 4.74 Å². The minimum absolute atomic E-state index is 0.376. The summed E-state index contributed by atoms with van der Waals surface area (Å²) in [5, 5.41) is 8.39. The summed E-state index contributed by atoms with van der Waals surface area (Å²) in [6.45, 7) is 7.58. The lowest BCUT2D eigenvalue weighted by Gasteiger charge is -2.64. The van der Waals surface area contributed by atoms with Crippen LogP contribution in [0.15, 0.2) is 12.4 Å². The number of nitrogens with one attached hydrogen (secondary N) is 1. The van der Waals surface area contributed by atoms with Crippen molar-refractivity contribution in [3.05, 3.63) is 18.0 Å². The number of ether oxygens (including phenoxy) is 1. The number of rotatable bonds is 4. The minimum atomic E-state index is 0.376. The van der Waals surface area contributed by atoms with E-state index >= 15 is 0 Å². The van der Waals surface area contributed by atoms with Gasteiger partial charge in [-0.15, -0.1) is 0 Å². The molecule has 4 nitrogen and oxygen atoms in total. The fourth-order valence-electron chi connectivity index (χ4n) is 4.72. The van der Waals surface area contributed by atoms with Crippen LogP contribution in [0.2, 0.25) is 0 Å². The van der Waals surface area contributed by atoms with Crippen molar-refractivity contribution in [2.24, 2.45) is 11.3 Å². The minimum Gasteiger partial charge on any atom is -0.377 e. The Morgan fingerprint density at radius 1 is 1.38 bits per heavy atom. The Bertz CT molecular complexity index is 520. The van der Waals surface area contributed by atoms with Gasteiger partial charge in [0.25, 0.3) is 0 Å². The highest BCUT2D eigenvalue weighted by molar-refractivity contribution is 5.20. The summed E-state index contributed by atoms with van der Waals surface area (Å²) < 4.78 is 8.06. The summed E-state index contributed by atoms with van der Waals surface area (Å²) in [4.78, 5) is 0. The molecule has 21 heavy (non-hydrogen) atoms. The number of nitrogens with zero attached hydrogens (tertiary/aromatic N) is 2. The summed E-state index contributed by atoms with van der Waals surface area (Å²) in [6, 6.07) is 1.46. The molecule has 1 aromatic rings. The van der Waals surface area contributed by atoms with Gasteiger partial charge in [-0.3, -0.25) is 4.68 Å². The van der Waals surface area contributed by atoms with E-state index in [2.05, 4.69) is 42.1 Å². The average Bonchev–Trinajstić information content (AvgIpc) is 3.01. The van der Waals surface area contributed by atoms with Gasteiger partial charge in [-0.25, -0.2) is 0 Å². The van der Waals surface area contributed by atoms with Gasteiger partial charge in [0.2, 0.25) is 0 Å². The summed E-state index contributed by atoms with van der Waals surface area (Å²) in [7, 11) is 0. The molecule has 1 spiro atoms. The fourth-order valence-corrected chi connectivity index (χ4v) is 4.72. The van der Waals surface area contributed by atoms with Gasteiger partial charge in [-0.05, 0) is 40.0 Å². The maximum Gasteiger partial charge on any atom is 0.0690 e. The molecule has 2 aliphatic carbocycles. The molecule has 1 N–H and O–H groups in total.